The molecule has 0 radical (unpaired) electrons. The molecule has 0 atom stereocenters. The van der Waals surface area contributed by atoms with Crippen LogP contribution in [0.25, 0.3) is 11.4 Å². The van der Waals surface area contributed by atoms with Crippen molar-refractivity contribution in [1.82, 2.24) is 9.97 Å². The number of nitrogens with zero attached hydrogens (tertiary/aromatic N) is 2. The van der Waals surface area contributed by atoms with Gasteiger partial charge >= 0.3 is 12.1 Å². The highest BCUT2D eigenvalue weighted by molar-refractivity contribution is 7.91. The predicted molar refractivity (Wildman–Crippen MR) is 84.7 cm³/mol. The van der Waals surface area contributed by atoms with Crippen molar-refractivity contribution in [2.75, 3.05) is 17.6 Å². The number of anilines is 1. The number of sulfone groups is 1. The third kappa shape index (κ3) is 4.26. The largest absolute Gasteiger partial charge is 0.455 e. The van der Waals surface area contributed by atoms with Crippen molar-refractivity contribution in [2.45, 2.75) is 23.9 Å². The van der Waals surface area contributed by atoms with Crippen LogP contribution >= 0.6 is 0 Å². The van der Waals surface area contributed by atoms with E-state index in [1.54, 1.807) is 0 Å². The first-order valence-electron chi connectivity index (χ1n) is 7.30. The van der Waals surface area contributed by atoms with Gasteiger partial charge in [-0.1, -0.05) is 6.92 Å². The lowest BCUT2D eigenvalue weighted by Crippen LogP contribution is -2.42. The second-order valence-corrected chi connectivity index (χ2v) is 7.49. The van der Waals surface area contributed by atoms with Crippen molar-refractivity contribution in [1.29, 1.82) is 0 Å². The fraction of sp³-hybridized carbons (Fsp3) is 0.333. The normalized spacial score (nSPS) is 12.8. The van der Waals surface area contributed by atoms with E-state index in [0.29, 0.717) is 0 Å². The maximum absolute atomic E-state index is 12.9. The average molecular weight is 395 g/mol. The number of nitrogens with one attached hydrogen (secondary N) is 1. The van der Waals surface area contributed by atoms with Gasteiger partial charge in [0.15, 0.2) is 9.84 Å². The number of hydrogen-bond donors (Lipinski definition) is 1. The van der Waals surface area contributed by atoms with Gasteiger partial charge in [0.2, 0.25) is 0 Å². The zero-order valence-corrected chi connectivity index (χ0v) is 14.2. The summed E-state index contributed by atoms with van der Waals surface area (Å²) in [5.41, 5.74) is 0.140. The van der Waals surface area contributed by atoms with Crippen LogP contribution in [0.1, 0.15) is 6.92 Å². The van der Waals surface area contributed by atoms with E-state index >= 15 is 0 Å². The van der Waals surface area contributed by atoms with Crippen LogP contribution in [0.2, 0.25) is 0 Å². The van der Waals surface area contributed by atoms with Gasteiger partial charge in [0, 0.05) is 6.20 Å². The lowest BCUT2D eigenvalue weighted by Gasteiger charge is -2.20. The molecule has 0 aliphatic rings. The molecule has 0 spiro atoms. The quantitative estimate of drug-likeness (QED) is 0.758. The highest BCUT2D eigenvalue weighted by atomic mass is 32.2. The summed E-state index contributed by atoms with van der Waals surface area (Å²) in [5.74, 6) is -5.05. The molecule has 0 unspecified atom stereocenters. The Balaban J connectivity index is 2.24. The molecule has 0 bridgehead atoms. The number of pyridine rings is 2. The molecule has 11 heteroatoms. The Morgan fingerprint density at radius 3 is 2.31 bits per heavy atom. The lowest BCUT2D eigenvalue weighted by molar-refractivity contribution is -0.275. The Hall–Kier alpha value is -2.30. The summed E-state index contributed by atoms with van der Waals surface area (Å²) >= 11 is 0. The molecule has 26 heavy (non-hydrogen) atoms. The molecule has 2 heterocycles. The number of aromatic nitrogens is 2. The number of alkyl halides is 5. The van der Waals surface area contributed by atoms with Gasteiger partial charge in [-0.05, 0) is 24.3 Å². The summed E-state index contributed by atoms with van der Waals surface area (Å²) in [6.45, 7) is -0.177. The molecule has 0 aliphatic carbocycles. The zero-order valence-electron chi connectivity index (χ0n) is 13.4. The van der Waals surface area contributed by atoms with E-state index in [0.717, 1.165) is 6.20 Å². The monoisotopic (exact) mass is 395 g/mol. The summed E-state index contributed by atoms with van der Waals surface area (Å²) in [6, 6.07) is 5.30. The smallest absolute Gasteiger partial charge is 0.377 e. The van der Waals surface area contributed by atoms with Crippen molar-refractivity contribution < 1.29 is 30.4 Å². The summed E-state index contributed by atoms with van der Waals surface area (Å²) in [6.07, 6.45) is -3.27. The van der Waals surface area contributed by atoms with Crippen LogP contribution < -0.4 is 5.32 Å². The fourth-order valence-corrected chi connectivity index (χ4v) is 2.99. The van der Waals surface area contributed by atoms with Gasteiger partial charge < -0.3 is 5.32 Å². The van der Waals surface area contributed by atoms with Gasteiger partial charge in [-0.2, -0.15) is 22.0 Å². The molecule has 0 aliphatic heterocycles. The van der Waals surface area contributed by atoms with Crippen molar-refractivity contribution in [3.05, 3.63) is 36.7 Å². The first-order valence-corrected chi connectivity index (χ1v) is 8.96. The SMILES string of the molecule is CCS(=O)(=O)c1cccnc1-c1ccc(NCC(F)(F)C(F)(F)F)cn1. The lowest BCUT2D eigenvalue weighted by atomic mass is 10.2. The minimum absolute atomic E-state index is 0.0423. The van der Waals surface area contributed by atoms with E-state index in [2.05, 4.69) is 9.97 Å². The molecule has 0 fully saturated rings. The van der Waals surface area contributed by atoms with Crippen molar-refractivity contribution in [3.8, 4) is 11.4 Å². The predicted octanol–water partition coefficient (Wildman–Crippen LogP) is 3.55. The number of halogens is 5. The van der Waals surface area contributed by atoms with Crippen LogP contribution in [-0.2, 0) is 9.84 Å². The minimum atomic E-state index is -5.66. The molecule has 2 aromatic rings. The summed E-state index contributed by atoms with van der Waals surface area (Å²) in [4.78, 5) is 7.84. The van der Waals surface area contributed by atoms with E-state index < -0.39 is 28.5 Å². The van der Waals surface area contributed by atoms with Crippen LogP contribution in [0.3, 0.4) is 0 Å². The average Bonchev–Trinajstić information content (AvgIpc) is 2.59. The molecular formula is C15H14F5N3O2S. The van der Waals surface area contributed by atoms with Crippen molar-refractivity contribution in [3.63, 3.8) is 0 Å². The number of rotatable bonds is 6. The third-order valence-electron chi connectivity index (χ3n) is 3.42. The zero-order chi connectivity index (χ0) is 19.6. The molecule has 1 N–H and O–H groups in total. The van der Waals surface area contributed by atoms with Gasteiger partial charge in [0.25, 0.3) is 0 Å². The molecule has 5 nitrogen and oxygen atoms in total. The first kappa shape index (κ1) is 20.0. The first-order chi connectivity index (χ1) is 12.0. The molecule has 0 amide bonds. The van der Waals surface area contributed by atoms with Crippen molar-refractivity contribution >= 4 is 15.5 Å². The molecular weight excluding hydrogens is 381 g/mol. The Morgan fingerprint density at radius 1 is 1.08 bits per heavy atom. The van der Waals surface area contributed by atoms with E-state index in [9.17, 15) is 30.4 Å². The maximum atomic E-state index is 12.9. The van der Waals surface area contributed by atoms with E-state index in [1.807, 2.05) is 5.32 Å². The molecule has 2 rings (SSSR count). The Kier molecular flexibility index (Phi) is 5.49. The van der Waals surface area contributed by atoms with Crippen LogP contribution in [-0.4, -0.2) is 42.8 Å². The summed E-state index contributed by atoms with van der Waals surface area (Å²) in [5, 5.41) is 1.96. The highest BCUT2D eigenvalue weighted by Gasteiger charge is 2.57. The van der Waals surface area contributed by atoms with E-state index in [4.69, 9.17) is 0 Å². The van der Waals surface area contributed by atoms with E-state index in [1.165, 1.54) is 37.4 Å². The van der Waals surface area contributed by atoms with Crippen LogP contribution in [0.5, 0.6) is 0 Å². The highest BCUT2D eigenvalue weighted by Crippen LogP contribution is 2.35. The second-order valence-electron chi connectivity index (χ2n) is 5.24. The maximum Gasteiger partial charge on any atom is 0.455 e. The molecule has 2 aromatic heterocycles. The van der Waals surface area contributed by atoms with Gasteiger partial charge in [0.05, 0.1) is 34.8 Å². The Bertz CT molecular complexity index is 868. The molecule has 142 valence electrons. The minimum Gasteiger partial charge on any atom is -0.377 e. The van der Waals surface area contributed by atoms with Gasteiger partial charge in [-0.3, -0.25) is 9.97 Å². The summed E-state index contributed by atoms with van der Waals surface area (Å²) in [7, 11) is -3.58. The molecule has 0 saturated carbocycles. The number of hydrogen-bond acceptors (Lipinski definition) is 5. The Morgan fingerprint density at radius 2 is 1.77 bits per heavy atom. The Labute approximate surface area is 146 Å². The fourth-order valence-electron chi connectivity index (χ4n) is 1.94. The molecule has 0 saturated heterocycles. The van der Waals surface area contributed by atoms with Crippen LogP contribution in [0.4, 0.5) is 27.6 Å². The standard InChI is InChI=1S/C15H14F5N3O2S/c1-2-26(24,25)12-4-3-7-21-13(12)11-6-5-10(8-22-11)23-9-14(16,17)15(18,19)20/h3-8,23H,2,9H2,1H3. The third-order valence-corrected chi connectivity index (χ3v) is 5.18. The van der Waals surface area contributed by atoms with Crippen molar-refractivity contribution in [2.24, 2.45) is 0 Å². The molecule has 0 aromatic carbocycles. The van der Waals surface area contributed by atoms with Gasteiger partial charge in [-0.25, -0.2) is 8.42 Å². The summed E-state index contributed by atoms with van der Waals surface area (Å²) < 4.78 is 86.4. The topological polar surface area (TPSA) is 72.0 Å². The van der Waals surface area contributed by atoms with Crippen LogP contribution in [0.15, 0.2) is 41.6 Å². The van der Waals surface area contributed by atoms with Gasteiger partial charge in [0.1, 0.15) is 5.69 Å². The van der Waals surface area contributed by atoms with E-state index in [-0.39, 0.29) is 27.7 Å². The van der Waals surface area contributed by atoms with Crippen LogP contribution in [0, 0.1) is 0 Å². The second kappa shape index (κ2) is 7.14. The van der Waals surface area contributed by atoms with Gasteiger partial charge in [-0.15, -0.1) is 0 Å².